The molecule has 0 aliphatic rings. The second-order valence-electron chi connectivity index (χ2n) is 4.08. The van der Waals surface area contributed by atoms with Crippen molar-refractivity contribution in [2.45, 2.75) is 5.22 Å². The summed E-state index contributed by atoms with van der Waals surface area (Å²) in [7, 11) is 0. The van der Waals surface area contributed by atoms with Gasteiger partial charge >= 0.3 is 0 Å². The fourth-order valence-corrected chi connectivity index (χ4v) is 3.06. The Labute approximate surface area is 148 Å². The van der Waals surface area contributed by atoms with E-state index < -0.39 is 0 Å². The number of carbonyl (C=O) groups excluding carboxylic acids is 1. The molecule has 2 heterocycles. The number of hydrogen-bond donors (Lipinski definition) is 1. The van der Waals surface area contributed by atoms with Crippen molar-refractivity contribution >= 4 is 57.3 Å². The summed E-state index contributed by atoms with van der Waals surface area (Å²) in [5, 5.41) is 19.4. The van der Waals surface area contributed by atoms with Crippen molar-refractivity contribution < 1.29 is 9.21 Å². The third kappa shape index (κ3) is 4.20. The number of thioether (sulfide) groups is 1. The topological polar surface area (TPSA) is 93.8 Å². The lowest BCUT2D eigenvalue weighted by molar-refractivity contribution is -0.113. The van der Waals surface area contributed by atoms with Gasteiger partial charge in [-0.15, -0.1) is 20.4 Å². The van der Waals surface area contributed by atoms with Crippen molar-refractivity contribution in [3.8, 4) is 11.5 Å². The van der Waals surface area contributed by atoms with Crippen molar-refractivity contribution in [1.29, 1.82) is 0 Å². The molecular formula is C12H7Cl2N5O2S2. The van der Waals surface area contributed by atoms with Gasteiger partial charge in [-0.2, -0.15) is 0 Å². The number of rotatable bonds is 5. The number of nitrogens with one attached hydrogen (secondary N) is 1. The summed E-state index contributed by atoms with van der Waals surface area (Å²) < 4.78 is 5.48. The van der Waals surface area contributed by atoms with Gasteiger partial charge < -0.3 is 4.42 Å². The molecule has 0 spiro atoms. The van der Waals surface area contributed by atoms with E-state index in [0.29, 0.717) is 20.7 Å². The molecule has 2 aromatic heterocycles. The van der Waals surface area contributed by atoms with E-state index in [1.54, 1.807) is 18.2 Å². The van der Waals surface area contributed by atoms with Crippen LogP contribution in [0.1, 0.15) is 0 Å². The molecule has 1 aromatic carbocycles. The lowest BCUT2D eigenvalue weighted by Gasteiger charge is -1.99. The largest absolute Gasteiger partial charge is 0.411 e. The minimum absolute atomic E-state index is 0.107. The summed E-state index contributed by atoms with van der Waals surface area (Å²) in [6, 6.07) is 4.95. The number of anilines is 1. The second kappa shape index (κ2) is 7.26. The Kier molecular flexibility index (Phi) is 5.11. The van der Waals surface area contributed by atoms with E-state index in [2.05, 4.69) is 25.7 Å². The molecule has 1 amide bonds. The number of halogens is 2. The SMILES string of the molecule is O=C(CSc1nnc(-c2ccc(Cl)cc2Cl)o1)Nc1nncs1. The molecule has 23 heavy (non-hydrogen) atoms. The zero-order valence-corrected chi connectivity index (χ0v) is 14.3. The number of hydrogen-bond acceptors (Lipinski definition) is 8. The van der Waals surface area contributed by atoms with E-state index >= 15 is 0 Å². The summed E-state index contributed by atoms with van der Waals surface area (Å²) in [5.74, 6) is 0.130. The van der Waals surface area contributed by atoms with Crippen LogP contribution in [-0.4, -0.2) is 32.1 Å². The van der Waals surface area contributed by atoms with E-state index in [9.17, 15) is 4.79 Å². The molecule has 1 N–H and O–H groups in total. The molecule has 3 aromatic rings. The van der Waals surface area contributed by atoms with E-state index in [1.165, 1.54) is 16.8 Å². The van der Waals surface area contributed by atoms with Gasteiger partial charge in [0.05, 0.1) is 16.3 Å². The molecular weight excluding hydrogens is 381 g/mol. The summed E-state index contributed by atoms with van der Waals surface area (Å²) in [6.45, 7) is 0. The molecule has 0 bridgehead atoms. The first kappa shape index (κ1) is 16.2. The van der Waals surface area contributed by atoms with Crippen molar-refractivity contribution in [3.63, 3.8) is 0 Å². The molecule has 0 saturated heterocycles. The molecule has 0 aliphatic heterocycles. The fraction of sp³-hybridized carbons (Fsp3) is 0.0833. The Bertz CT molecular complexity index is 825. The summed E-state index contributed by atoms with van der Waals surface area (Å²) in [5.41, 5.74) is 2.11. The van der Waals surface area contributed by atoms with Crippen LogP contribution < -0.4 is 5.32 Å². The smallest absolute Gasteiger partial charge is 0.277 e. The van der Waals surface area contributed by atoms with Crippen molar-refractivity contribution in [2.75, 3.05) is 11.1 Å². The van der Waals surface area contributed by atoms with Gasteiger partial charge in [0.2, 0.25) is 16.9 Å². The molecule has 0 atom stereocenters. The predicted molar refractivity (Wildman–Crippen MR) is 89.0 cm³/mol. The van der Waals surface area contributed by atoms with Gasteiger partial charge in [-0.3, -0.25) is 10.1 Å². The van der Waals surface area contributed by atoms with Crippen LogP contribution in [0.15, 0.2) is 33.3 Å². The molecule has 11 heteroatoms. The fourth-order valence-electron chi connectivity index (χ4n) is 1.55. The van der Waals surface area contributed by atoms with Gasteiger partial charge in [0, 0.05) is 5.02 Å². The first-order valence-corrected chi connectivity index (χ1v) is 8.71. The van der Waals surface area contributed by atoms with Crippen molar-refractivity contribution in [2.24, 2.45) is 0 Å². The Balaban J connectivity index is 1.62. The van der Waals surface area contributed by atoms with Crippen molar-refractivity contribution in [1.82, 2.24) is 20.4 Å². The maximum Gasteiger partial charge on any atom is 0.277 e. The van der Waals surface area contributed by atoms with Gasteiger partial charge in [-0.25, -0.2) is 0 Å². The van der Waals surface area contributed by atoms with Crippen LogP contribution in [0.3, 0.4) is 0 Å². The normalized spacial score (nSPS) is 10.7. The molecule has 0 radical (unpaired) electrons. The highest BCUT2D eigenvalue weighted by atomic mass is 35.5. The van der Waals surface area contributed by atoms with Crippen LogP contribution >= 0.6 is 46.3 Å². The van der Waals surface area contributed by atoms with Gasteiger partial charge in [0.1, 0.15) is 5.51 Å². The third-order valence-corrected chi connectivity index (χ3v) is 4.47. The molecule has 0 fully saturated rings. The molecule has 3 rings (SSSR count). The molecule has 118 valence electrons. The van der Waals surface area contributed by atoms with Crippen LogP contribution in [-0.2, 0) is 4.79 Å². The second-order valence-corrected chi connectivity index (χ2v) is 6.68. The van der Waals surface area contributed by atoms with Gasteiger partial charge in [0.15, 0.2) is 0 Å². The van der Waals surface area contributed by atoms with Crippen LogP contribution in [0.2, 0.25) is 10.0 Å². The third-order valence-electron chi connectivity index (χ3n) is 2.50. The monoisotopic (exact) mass is 387 g/mol. The average molecular weight is 388 g/mol. The average Bonchev–Trinajstić information content (AvgIpc) is 3.17. The highest BCUT2D eigenvalue weighted by Crippen LogP contribution is 2.31. The Morgan fingerprint density at radius 3 is 2.91 bits per heavy atom. The van der Waals surface area contributed by atoms with Crippen LogP contribution in [0.5, 0.6) is 0 Å². The zero-order valence-electron chi connectivity index (χ0n) is 11.2. The van der Waals surface area contributed by atoms with E-state index in [1.807, 2.05) is 0 Å². The molecule has 0 aliphatic carbocycles. The van der Waals surface area contributed by atoms with Crippen LogP contribution in [0.4, 0.5) is 5.13 Å². The Hall–Kier alpha value is -1.68. The first-order valence-electron chi connectivity index (χ1n) is 6.09. The number of nitrogens with zero attached hydrogens (tertiary/aromatic N) is 4. The quantitative estimate of drug-likeness (QED) is 0.667. The standard InChI is InChI=1S/C12H7Cl2N5O2S2/c13-6-1-2-7(8(14)3-6)10-17-19-12(21-10)22-4-9(20)16-11-18-15-5-23-11/h1-3,5H,4H2,(H,16,18,20). The summed E-state index contributed by atoms with van der Waals surface area (Å²) in [4.78, 5) is 11.7. The summed E-state index contributed by atoms with van der Waals surface area (Å²) >= 11 is 14.3. The van der Waals surface area contributed by atoms with Gasteiger partial charge in [-0.05, 0) is 18.2 Å². The maximum atomic E-state index is 11.7. The van der Waals surface area contributed by atoms with Crippen LogP contribution in [0.25, 0.3) is 11.5 Å². The first-order chi connectivity index (χ1) is 11.1. The molecule has 0 unspecified atom stereocenters. The number of aromatic nitrogens is 4. The number of amides is 1. The number of carbonyl (C=O) groups is 1. The highest BCUT2D eigenvalue weighted by Gasteiger charge is 2.14. The minimum Gasteiger partial charge on any atom is -0.411 e. The van der Waals surface area contributed by atoms with E-state index in [4.69, 9.17) is 27.6 Å². The van der Waals surface area contributed by atoms with Gasteiger partial charge in [0.25, 0.3) is 5.22 Å². The Morgan fingerprint density at radius 1 is 1.30 bits per heavy atom. The maximum absolute atomic E-state index is 11.7. The predicted octanol–water partition coefficient (Wildman–Crippen LogP) is 3.63. The highest BCUT2D eigenvalue weighted by molar-refractivity contribution is 7.99. The van der Waals surface area contributed by atoms with Crippen LogP contribution in [0, 0.1) is 0 Å². The minimum atomic E-state index is -0.240. The molecule has 0 saturated carbocycles. The molecule has 7 nitrogen and oxygen atoms in total. The number of benzene rings is 1. The van der Waals surface area contributed by atoms with E-state index in [0.717, 1.165) is 11.8 Å². The summed E-state index contributed by atoms with van der Waals surface area (Å²) in [6.07, 6.45) is 0. The Morgan fingerprint density at radius 2 is 2.17 bits per heavy atom. The van der Waals surface area contributed by atoms with E-state index in [-0.39, 0.29) is 22.8 Å². The lowest BCUT2D eigenvalue weighted by Crippen LogP contribution is -2.13. The van der Waals surface area contributed by atoms with Crippen molar-refractivity contribution in [3.05, 3.63) is 33.8 Å². The van der Waals surface area contributed by atoms with Gasteiger partial charge in [-0.1, -0.05) is 46.3 Å². The lowest BCUT2D eigenvalue weighted by atomic mass is 10.2. The zero-order chi connectivity index (χ0) is 16.2.